The number of nitrogens with two attached hydrogens (primary N) is 1. The second-order valence-corrected chi connectivity index (χ2v) is 5.22. The number of hydrazine groups is 1. The van der Waals surface area contributed by atoms with Gasteiger partial charge < -0.3 is 5.32 Å². The van der Waals surface area contributed by atoms with Crippen LogP contribution >= 0.6 is 0 Å². The maximum absolute atomic E-state index is 11.9. The minimum absolute atomic E-state index is 0.000365. The molecule has 0 bridgehead atoms. The van der Waals surface area contributed by atoms with E-state index in [1.54, 1.807) is 12.1 Å². The van der Waals surface area contributed by atoms with Crippen LogP contribution in [0.25, 0.3) is 0 Å². The highest BCUT2D eigenvalue weighted by Gasteiger charge is 2.37. The molecule has 0 spiro atoms. The summed E-state index contributed by atoms with van der Waals surface area (Å²) in [4.78, 5) is 29.6. The topological polar surface area (TPSA) is 100 Å². The number of rotatable bonds is 3. The SMILES string of the molecule is CC1(C)C(=O)NCCN1Cc1cccc(C(=O)NN)n1. The predicted octanol–water partition coefficient (Wildman–Crippen LogP) is -0.604. The summed E-state index contributed by atoms with van der Waals surface area (Å²) in [7, 11) is 0. The first-order valence-electron chi connectivity index (χ1n) is 6.45. The Balaban J connectivity index is 2.17. The Morgan fingerprint density at radius 1 is 1.55 bits per heavy atom. The van der Waals surface area contributed by atoms with Crippen molar-refractivity contribution in [2.75, 3.05) is 13.1 Å². The van der Waals surface area contributed by atoms with Crippen molar-refractivity contribution in [2.24, 2.45) is 5.84 Å². The summed E-state index contributed by atoms with van der Waals surface area (Å²) in [5.41, 5.74) is 2.46. The van der Waals surface area contributed by atoms with Gasteiger partial charge in [0, 0.05) is 19.6 Å². The third-order valence-electron chi connectivity index (χ3n) is 3.54. The van der Waals surface area contributed by atoms with E-state index in [4.69, 9.17) is 5.84 Å². The summed E-state index contributed by atoms with van der Waals surface area (Å²) in [6.45, 7) is 5.61. The van der Waals surface area contributed by atoms with E-state index in [-0.39, 0.29) is 11.6 Å². The van der Waals surface area contributed by atoms with E-state index >= 15 is 0 Å². The van der Waals surface area contributed by atoms with Gasteiger partial charge in [-0.25, -0.2) is 10.8 Å². The van der Waals surface area contributed by atoms with E-state index < -0.39 is 11.4 Å². The van der Waals surface area contributed by atoms with Gasteiger partial charge >= 0.3 is 0 Å². The Morgan fingerprint density at radius 2 is 2.30 bits per heavy atom. The molecule has 1 aliphatic heterocycles. The second-order valence-electron chi connectivity index (χ2n) is 5.22. The lowest BCUT2D eigenvalue weighted by atomic mass is 9.98. The molecule has 2 amide bonds. The van der Waals surface area contributed by atoms with Crippen LogP contribution in [0, 0.1) is 0 Å². The zero-order chi connectivity index (χ0) is 14.8. The summed E-state index contributed by atoms with van der Waals surface area (Å²) in [5, 5.41) is 2.85. The number of hydrogen-bond donors (Lipinski definition) is 3. The van der Waals surface area contributed by atoms with Crippen LogP contribution in [-0.2, 0) is 11.3 Å². The van der Waals surface area contributed by atoms with Gasteiger partial charge in [-0.1, -0.05) is 6.07 Å². The second kappa shape index (κ2) is 5.56. The van der Waals surface area contributed by atoms with E-state index in [1.165, 1.54) is 0 Å². The number of nitrogen functional groups attached to an aromatic ring is 1. The van der Waals surface area contributed by atoms with Crippen molar-refractivity contribution < 1.29 is 9.59 Å². The fourth-order valence-electron chi connectivity index (χ4n) is 2.18. The smallest absolute Gasteiger partial charge is 0.283 e. The molecule has 0 radical (unpaired) electrons. The number of nitrogens with zero attached hydrogens (tertiary/aromatic N) is 2. The first kappa shape index (κ1) is 14.4. The summed E-state index contributed by atoms with van der Waals surface area (Å²) >= 11 is 0. The van der Waals surface area contributed by atoms with Gasteiger partial charge in [0.2, 0.25) is 5.91 Å². The molecule has 7 heteroatoms. The van der Waals surface area contributed by atoms with Crippen molar-refractivity contribution in [2.45, 2.75) is 25.9 Å². The fraction of sp³-hybridized carbons (Fsp3) is 0.462. The highest BCUT2D eigenvalue weighted by atomic mass is 16.2. The highest BCUT2D eigenvalue weighted by Crippen LogP contribution is 2.19. The van der Waals surface area contributed by atoms with Crippen molar-refractivity contribution in [1.82, 2.24) is 20.6 Å². The molecule has 4 N–H and O–H groups in total. The lowest BCUT2D eigenvalue weighted by molar-refractivity contribution is -0.135. The lowest BCUT2D eigenvalue weighted by Crippen LogP contribution is -2.61. The van der Waals surface area contributed by atoms with E-state index in [2.05, 4.69) is 15.7 Å². The van der Waals surface area contributed by atoms with Crippen molar-refractivity contribution in [3.63, 3.8) is 0 Å². The van der Waals surface area contributed by atoms with Crippen LogP contribution in [0.3, 0.4) is 0 Å². The Kier molecular flexibility index (Phi) is 4.01. The van der Waals surface area contributed by atoms with Crippen LogP contribution in [-0.4, -0.2) is 40.3 Å². The molecular formula is C13H19N5O2. The number of nitrogens with one attached hydrogen (secondary N) is 2. The molecular weight excluding hydrogens is 258 g/mol. The van der Waals surface area contributed by atoms with Crippen molar-refractivity contribution >= 4 is 11.8 Å². The Hall–Kier alpha value is -1.99. The van der Waals surface area contributed by atoms with Gasteiger partial charge in [0.15, 0.2) is 0 Å². The fourth-order valence-corrected chi connectivity index (χ4v) is 2.18. The van der Waals surface area contributed by atoms with Gasteiger partial charge in [-0.3, -0.25) is 19.9 Å². The minimum atomic E-state index is -0.591. The molecule has 0 saturated carbocycles. The van der Waals surface area contributed by atoms with Crippen LogP contribution < -0.4 is 16.6 Å². The van der Waals surface area contributed by atoms with Crippen LogP contribution in [0.4, 0.5) is 0 Å². The molecule has 0 aromatic carbocycles. The van der Waals surface area contributed by atoms with E-state index in [9.17, 15) is 9.59 Å². The number of carbonyl (C=O) groups excluding carboxylic acids is 2. The predicted molar refractivity (Wildman–Crippen MR) is 73.4 cm³/mol. The van der Waals surface area contributed by atoms with Gasteiger partial charge in [0.25, 0.3) is 5.91 Å². The first-order chi connectivity index (χ1) is 9.45. The normalized spacial score (nSPS) is 18.4. The summed E-state index contributed by atoms with van der Waals surface area (Å²) in [6.07, 6.45) is 0. The molecule has 1 aromatic heterocycles. The third kappa shape index (κ3) is 2.78. The molecule has 2 heterocycles. The zero-order valence-electron chi connectivity index (χ0n) is 11.6. The number of carbonyl (C=O) groups is 2. The molecule has 1 saturated heterocycles. The first-order valence-corrected chi connectivity index (χ1v) is 6.45. The number of pyridine rings is 1. The minimum Gasteiger partial charge on any atom is -0.353 e. The van der Waals surface area contributed by atoms with E-state index in [1.807, 2.05) is 24.8 Å². The quantitative estimate of drug-likeness (QED) is 0.389. The van der Waals surface area contributed by atoms with Gasteiger partial charge in [0.1, 0.15) is 5.69 Å². The zero-order valence-corrected chi connectivity index (χ0v) is 11.6. The number of hydrogen-bond acceptors (Lipinski definition) is 5. The average molecular weight is 277 g/mol. The Bertz CT molecular complexity index is 529. The van der Waals surface area contributed by atoms with Crippen LogP contribution in [0.5, 0.6) is 0 Å². The average Bonchev–Trinajstić information content (AvgIpc) is 2.44. The van der Waals surface area contributed by atoms with Gasteiger partial charge in [0.05, 0.1) is 11.2 Å². The summed E-state index contributed by atoms with van der Waals surface area (Å²) < 4.78 is 0. The standard InChI is InChI=1S/C13H19N5O2/c1-13(2)12(20)15-6-7-18(13)8-9-4-3-5-10(16-9)11(19)17-14/h3-5H,6-8,14H2,1-2H3,(H,15,20)(H,17,19). The molecule has 1 aromatic rings. The summed E-state index contributed by atoms with van der Waals surface area (Å²) in [6, 6.07) is 5.18. The Morgan fingerprint density at radius 3 is 3.00 bits per heavy atom. The van der Waals surface area contributed by atoms with Gasteiger partial charge in [-0.15, -0.1) is 0 Å². The van der Waals surface area contributed by atoms with E-state index in [0.717, 1.165) is 12.2 Å². The molecule has 0 aliphatic carbocycles. The summed E-state index contributed by atoms with van der Waals surface area (Å²) in [5.74, 6) is 4.67. The van der Waals surface area contributed by atoms with Crippen molar-refractivity contribution in [3.05, 3.63) is 29.6 Å². The molecule has 1 aliphatic rings. The van der Waals surface area contributed by atoms with Crippen LogP contribution in [0.2, 0.25) is 0 Å². The monoisotopic (exact) mass is 277 g/mol. The number of amides is 2. The van der Waals surface area contributed by atoms with E-state index in [0.29, 0.717) is 13.1 Å². The third-order valence-corrected chi connectivity index (χ3v) is 3.54. The molecule has 20 heavy (non-hydrogen) atoms. The Labute approximate surface area is 117 Å². The molecule has 108 valence electrons. The van der Waals surface area contributed by atoms with Gasteiger partial charge in [-0.2, -0.15) is 0 Å². The molecule has 1 fully saturated rings. The number of aromatic nitrogens is 1. The number of piperazine rings is 1. The van der Waals surface area contributed by atoms with Crippen LogP contribution in [0.15, 0.2) is 18.2 Å². The van der Waals surface area contributed by atoms with Crippen molar-refractivity contribution in [3.8, 4) is 0 Å². The molecule has 0 unspecified atom stereocenters. The maximum atomic E-state index is 11.9. The van der Waals surface area contributed by atoms with Crippen LogP contribution in [0.1, 0.15) is 30.0 Å². The molecule has 7 nitrogen and oxygen atoms in total. The van der Waals surface area contributed by atoms with Gasteiger partial charge in [-0.05, 0) is 26.0 Å². The molecule has 2 rings (SSSR count). The molecule has 0 atom stereocenters. The van der Waals surface area contributed by atoms with Crippen molar-refractivity contribution in [1.29, 1.82) is 0 Å². The lowest BCUT2D eigenvalue weighted by Gasteiger charge is -2.40. The highest BCUT2D eigenvalue weighted by molar-refractivity contribution is 5.91. The maximum Gasteiger partial charge on any atom is 0.283 e. The largest absolute Gasteiger partial charge is 0.353 e.